The molecule has 0 spiro atoms. The van der Waals surface area contributed by atoms with Gasteiger partial charge in [0, 0.05) is 24.7 Å². The zero-order valence-corrected chi connectivity index (χ0v) is 13.9. The van der Waals surface area contributed by atoms with Gasteiger partial charge in [0.25, 0.3) is 11.5 Å². The van der Waals surface area contributed by atoms with Crippen LogP contribution in [0.15, 0.2) is 40.1 Å². The van der Waals surface area contributed by atoms with E-state index in [0.717, 1.165) is 5.69 Å². The van der Waals surface area contributed by atoms with E-state index in [4.69, 9.17) is 4.74 Å². The van der Waals surface area contributed by atoms with Crippen LogP contribution in [0.1, 0.15) is 16.1 Å². The maximum Gasteiger partial charge on any atom is 0.256 e. The van der Waals surface area contributed by atoms with Gasteiger partial charge in [-0.3, -0.25) is 9.59 Å². The van der Waals surface area contributed by atoms with E-state index in [1.54, 1.807) is 29.3 Å². The van der Waals surface area contributed by atoms with Gasteiger partial charge in [-0.15, -0.1) is 5.10 Å². The van der Waals surface area contributed by atoms with Crippen LogP contribution in [0.3, 0.4) is 0 Å². The molecule has 3 aromatic rings. The summed E-state index contributed by atoms with van der Waals surface area (Å²) in [6.07, 6.45) is 3.19. The maximum atomic E-state index is 12.3. The number of nitrogens with one attached hydrogen (secondary N) is 1. The molecular formula is C15H15N5O3S. The molecule has 3 aromatic heterocycles. The molecule has 0 atom stereocenters. The monoisotopic (exact) mass is 345 g/mol. The lowest BCUT2D eigenvalue weighted by molar-refractivity contribution is 0.0946. The van der Waals surface area contributed by atoms with Crippen LogP contribution in [0.25, 0.3) is 5.69 Å². The van der Waals surface area contributed by atoms with Crippen molar-refractivity contribution in [1.29, 1.82) is 0 Å². The Bertz CT molecular complexity index is 914. The fraction of sp³-hybridized carbons (Fsp3) is 0.200. The summed E-state index contributed by atoms with van der Waals surface area (Å²) in [5, 5.41) is 14.7. The smallest absolute Gasteiger partial charge is 0.256 e. The highest BCUT2D eigenvalue weighted by Gasteiger charge is 2.14. The molecule has 0 saturated carbocycles. The second-order valence-electron chi connectivity index (χ2n) is 5.02. The van der Waals surface area contributed by atoms with Crippen LogP contribution in [0.5, 0.6) is 5.75 Å². The lowest BCUT2D eigenvalue weighted by Crippen LogP contribution is -2.26. The fourth-order valence-electron chi connectivity index (χ4n) is 2.11. The van der Waals surface area contributed by atoms with Crippen LogP contribution in [-0.4, -0.2) is 32.6 Å². The number of carbonyl (C=O) groups excluding carboxylic acids is 1. The van der Waals surface area contributed by atoms with Crippen molar-refractivity contribution in [2.75, 3.05) is 7.11 Å². The minimum atomic E-state index is -0.354. The predicted molar refractivity (Wildman–Crippen MR) is 88.6 cm³/mol. The molecule has 124 valence electrons. The number of pyridine rings is 1. The Morgan fingerprint density at radius 1 is 1.42 bits per heavy atom. The number of aryl methyl sites for hydroxylation is 1. The minimum Gasteiger partial charge on any atom is -0.496 e. The van der Waals surface area contributed by atoms with Gasteiger partial charge in [0.15, 0.2) is 0 Å². The van der Waals surface area contributed by atoms with Crippen LogP contribution in [-0.2, 0) is 13.6 Å². The van der Waals surface area contributed by atoms with Gasteiger partial charge >= 0.3 is 0 Å². The Hall–Kier alpha value is -2.94. The number of hydrogen-bond donors (Lipinski definition) is 1. The highest BCUT2D eigenvalue weighted by Crippen LogP contribution is 2.15. The first-order valence-corrected chi connectivity index (χ1v) is 7.99. The Labute approximate surface area is 141 Å². The molecule has 1 amide bonds. The largest absolute Gasteiger partial charge is 0.496 e. The third kappa shape index (κ3) is 3.20. The number of carbonyl (C=O) groups is 1. The molecule has 0 aliphatic carbocycles. The number of ether oxygens (including phenoxy) is 1. The average molecular weight is 345 g/mol. The molecule has 0 fully saturated rings. The molecule has 9 heteroatoms. The average Bonchev–Trinajstić information content (AvgIpc) is 3.25. The molecule has 3 heterocycles. The minimum absolute atomic E-state index is 0.217. The lowest BCUT2D eigenvalue weighted by Gasteiger charge is -2.09. The normalized spacial score (nSPS) is 10.6. The third-order valence-electron chi connectivity index (χ3n) is 3.40. The summed E-state index contributed by atoms with van der Waals surface area (Å²) in [7, 11) is 2.99. The van der Waals surface area contributed by atoms with E-state index in [1.807, 2.05) is 16.8 Å². The first-order chi connectivity index (χ1) is 11.6. The number of aromatic nitrogens is 4. The summed E-state index contributed by atoms with van der Waals surface area (Å²) in [5.41, 5.74) is 1.58. The molecule has 0 radical (unpaired) electrons. The van der Waals surface area contributed by atoms with Crippen molar-refractivity contribution in [2.45, 2.75) is 6.54 Å². The second-order valence-corrected chi connectivity index (χ2v) is 5.80. The number of methoxy groups -OCH3 is 1. The molecule has 1 N–H and O–H groups in total. The standard InChI is InChI=1S/C15H15N5O3S/c1-19-8-12(13(23-2)5-14(19)21)15(22)16-6-10-7-20(18-17-10)11-3-4-24-9-11/h3-5,7-9H,6H2,1-2H3,(H,16,22). The van der Waals surface area contributed by atoms with Crippen LogP contribution in [0.4, 0.5) is 0 Å². The summed E-state index contributed by atoms with van der Waals surface area (Å²) in [5.74, 6) is -0.120. The van der Waals surface area contributed by atoms with Crippen molar-refractivity contribution < 1.29 is 9.53 Å². The SMILES string of the molecule is COc1cc(=O)n(C)cc1C(=O)NCc1cn(-c2ccsc2)nn1. The molecule has 0 aliphatic heterocycles. The van der Waals surface area contributed by atoms with Crippen molar-refractivity contribution in [2.24, 2.45) is 7.05 Å². The number of rotatable bonds is 5. The maximum absolute atomic E-state index is 12.3. The molecular weight excluding hydrogens is 330 g/mol. The van der Waals surface area contributed by atoms with E-state index in [0.29, 0.717) is 5.69 Å². The summed E-state index contributed by atoms with van der Waals surface area (Å²) in [4.78, 5) is 23.9. The Morgan fingerprint density at radius 3 is 2.96 bits per heavy atom. The van der Waals surface area contributed by atoms with Gasteiger partial charge in [0.1, 0.15) is 11.4 Å². The molecule has 0 unspecified atom stereocenters. The van der Waals surface area contributed by atoms with E-state index in [9.17, 15) is 9.59 Å². The summed E-state index contributed by atoms with van der Waals surface area (Å²) in [6, 6.07) is 3.21. The van der Waals surface area contributed by atoms with Gasteiger partial charge in [-0.2, -0.15) is 11.3 Å². The Kier molecular flexibility index (Phi) is 4.43. The Balaban J connectivity index is 1.72. The Morgan fingerprint density at radius 2 is 2.25 bits per heavy atom. The highest BCUT2D eigenvalue weighted by atomic mass is 32.1. The quantitative estimate of drug-likeness (QED) is 0.744. The van der Waals surface area contributed by atoms with Gasteiger partial charge in [-0.1, -0.05) is 5.21 Å². The lowest BCUT2D eigenvalue weighted by atomic mass is 10.2. The van der Waals surface area contributed by atoms with Crippen molar-refractivity contribution in [1.82, 2.24) is 24.9 Å². The second kappa shape index (κ2) is 6.67. The van der Waals surface area contributed by atoms with Crippen LogP contribution < -0.4 is 15.6 Å². The van der Waals surface area contributed by atoms with Gasteiger partial charge < -0.3 is 14.6 Å². The van der Waals surface area contributed by atoms with E-state index >= 15 is 0 Å². The number of hydrogen-bond acceptors (Lipinski definition) is 6. The van der Waals surface area contributed by atoms with Gasteiger partial charge in [0.2, 0.25) is 0 Å². The number of thiophene rings is 1. The molecule has 0 bridgehead atoms. The molecule has 24 heavy (non-hydrogen) atoms. The summed E-state index contributed by atoms with van der Waals surface area (Å²) < 4.78 is 8.07. The van der Waals surface area contributed by atoms with E-state index in [-0.39, 0.29) is 29.3 Å². The molecule has 0 saturated heterocycles. The van der Waals surface area contributed by atoms with Crippen molar-refractivity contribution in [3.8, 4) is 11.4 Å². The van der Waals surface area contributed by atoms with E-state index in [2.05, 4.69) is 15.6 Å². The fourth-order valence-corrected chi connectivity index (χ4v) is 2.73. The summed E-state index contributed by atoms with van der Waals surface area (Å²) in [6.45, 7) is 0.217. The zero-order chi connectivity index (χ0) is 17.1. The van der Waals surface area contributed by atoms with Crippen molar-refractivity contribution in [3.05, 3.63) is 56.9 Å². The van der Waals surface area contributed by atoms with Gasteiger partial charge in [-0.05, 0) is 11.4 Å². The predicted octanol–water partition coefficient (Wildman–Crippen LogP) is 0.966. The van der Waals surface area contributed by atoms with Gasteiger partial charge in [0.05, 0.1) is 31.1 Å². The highest BCUT2D eigenvalue weighted by molar-refractivity contribution is 7.08. The third-order valence-corrected chi connectivity index (χ3v) is 4.07. The first kappa shape index (κ1) is 15.9. The van der Waals surface area contributed by atoms with Crippen LogP contribution in [0, 0.1) is 0 Å². The summed E-state index contributed by atoms with van der Waals surface area (Å²) >= 11 is 1.57. The van der Waals surface area contributed by atoms with Crippen LogP contribution >= 0.6 is 11.3 Å². The molecule has 3 rings (SSSR count). The van der Waals surface area contributed by atoms with Crippen molar-refractivity contribution >= 4 is 17.2 Å². The van der Waals surface area contributed by atoms with Crippen molar-refractivity contribution in [3.63, 3.8) is 0 Å². The van der Waals surface area contributed by atoms with Crippen LogP contribution in [0.2, 0.25) is 0 Å². The first-order valence-electron chi connectivity index (χ1n) is 7.05. The van der Waals surface area contributed by atoms with Gasteiger partial charge in [-0.25, -0.2) is 4.68 Å². The molecule has 0 aromatic carbocycles. The topological polar surface area (TPSA) is 91.0 Å². The van der Waals surface area contributed by atoms with E-state index in [1.165, 1.54) is 23.9 Å². The molecule has 0 aliphatic rings. The number of nitrogens with zero attached hydrogens (tertiary/aromatic N) is 4. The zero-order valence-electron chi connectivity index (χ0n) is 13.1. The molecule has 8 nitrogen and oxygen atoms in total. The van der Waals surface area contributed by atoms with E-state index < -0.39 is 0 Å². The number of amides is 1.